The molecule has 0 fully saturated rings. The highest BCUT2D eigenvalue weighted by atomic mass is 16.5. The van der Waals surface area contributed by atoms with Gasteiger partial charge in [-0.15, -0.1) is 0 Å². The van der Waals surface area contributed by atoms with Crippen molar-refractivity contribution < 1.29 is 14.6 Å². The number of hydrogen-bond donors (Lipinski definition) is 2. The first-order valence-electron chi connectivity index (χ1n) is 8.55. The maximum Gasteiger partial charge on any atom is 0.312 e. The largest absolute Gasteiger partial charge is 0.481 e. The summed E-state index contributed by atoms with van der Waals surface area (Å²) in [7, 11) is 0. The Hall–Kier alpha value is -3.73. The zero-order chi connectivity index (χ0) is 20.3. The Kier molecular flexibility index (Phi) is 5.09. The molecule has 8 heteroatoms. The summed E-state index contributed by atoms with van der Waals surface area (Å²) in [5, 5.41) is 18.0. The van der Waals surface area contributed by atoms with Crippen molar-refractivity contribution in [2.45, 2.75) is 20.8 Å². The van der Waals surface area contributed by atoms with Crippen molar-refractivity contribution in [3.05, 3.63) is 48.0 Å². The Balaban J connectivity index is 1.77. The normalized spacial score (nSPS) is 11.1. The van der Waals surface area contributed by atoms with Crippen molar-refractivity contribution in [2.24, 2.45) is 5.41 Å². The summed E-state index contributed by atoms with van der Waals surface area (Å²) in [6, 6.07) is 7.45. The Morgan fingerprint density at radius 3 is 2.68 bits per heavy atom. The first kappa shape index (κ1) is 19.0. The Labute approximate surface area is 161 Å². The second kappa shape index (κ2) is 7.48. The van der Waals surface area contributed by atoms with Gasteiger partial charge < -0.3 is 14.8 Å². The number of H-pyrrole nitrogens is 1. The number of carboxylic acids is 1. The standard InChI is InChI=1S/C20H19N5O3/c1-12-6-17(28-11-20(2,3)19(26)27)23-10-15(12)13-4-5-16(22-8-13)18-24-9-14(7-21)25-18/h4-6,8-10H,11H2,1-3H3,(H,24,25)(H,26,27). The number of aliphatic carboxylic acids is 1. The molecule has 0 saturated carbocycles. The average molecular weight is 377 g/mol. The van der Waals surface area contributed by atoms with Crippen LogP contribution in [0.1, 0.15) is 25.1 Å². The van der Waals surface area contributed by atoms with Gasteiger partial charge in [-0.1, -0.05) is 6.07 Å². The number of nitrogens with one attached hydrogen (secondary N) is 1. The third-order valence-electron chi connectivity index (χ3n) is 4.26. The Morgan fingerprint density at radius 2 is 2.11 bits per heavy atom. The van der Waals surface area contributed by atoms with Gasteiger partial charge >= 0.3 is 5.97 Å². The summed E-state index contributed by atoms with van der Waals surface area (Å²) >= 11 is 0. The minimum absolute atomic E-state index is 0.0260. The summed E-state index contributed by atoms with van der Waals surface area (Å²) in [6.45, 7) is 5.15. The van der Waals surface area contributed by atoms with E-state index in [1.165, 1.54) is 6.20 Å². The zero-order valence-corrected chi connectivity index (χ0v) is 15.7. The molecule has 0 aliphatic carbocycles. The van der Waals surface area contributed by atoms with Gasteiger partial charge in [0, 0.05) is 35.8 Å². The molecule has 0 radical (unpaired) electrons. The lowest BCUT2D eigenvalue weighted by Crippen LogP contribution is -2.30. The van der Waals surface area contributed by atoms with E-state index in [9.17, 15) is 4.79 Å². The van der Waals surface area contributed by atoms with Crippen LogP contribution in [-0.4, -0.2) is 37.6 Å². The Morgan fingerprint density at radius 1 is 1.32 bits per heavy atom. The van der Waals surface area contributed by atoms with Gasteiger partial charge in [0.1, 0.15) is 18.4 Å². The van der Waals surface area contributed by atoms with Gasteiger partial charge in [-0.05, 0) is 32.4 Å². The van der Waals surface area contributed by atoms with E-state index in [0.29, 0.717) is 23.1 Å². The van der Waals surface area contributed by atoms with Crippen molar-refractivity contribution in [2.75, 3.05) is 6.61 Å². The monoisotopic (exact) mass is 377 g/mol. The zero-order valence-electron chi connectivity index (χ0n) is 15.7. The molecule has 0 atom stereocenters. The highest BCUT2D eigenvalue weighted by molar-refractivity contribution is 5.73. The van der Waals surface area contributed by atoms with Crippen LogP contribution in [0.4, 0.5) is 0 Å². The summed E-state index contributed by atoms with van der Waals surface area (Å²) in [4.78, 5) is 26.9. The number of aromatic amines is 1. The van der Waals surface area contributed by atoms with Crippen LogP contribution in [0.25, 0.3) is 22.6 Å². The van der Waals surface area contributed by atoms with E-state index in [0.717, 1.165) is 16.7 Å². The lowest BCUT2D eigenvalue weighted by Gasteiger charge is -2.19. The first-order chi connectivity index (χ1) is 13.3. The average Bonchev–Trinajstić information content (AvgIpc) is 3.16. The number of pyridine rings is 2. The summed E-state index contributed by atoms with van der Waals surface area (Å²) in [5.74, 6) is -0.0204. The first-order valence-corrected chi connectivity index (χ1v) is 8.55. The number of rotatable bonds is 6. The predicted octanol–water partition coefficient (Wildman–Crippen LogP) is 3.20. The number of nitrogens with zero attached hydrogens (tertiary/aromatic N) is 4. The molecular weight excluding hydrogens is 358 g/mol. The molecule has 28 heavy (non-hydrogen) atoms. The molecule has 3 rings (SSSR count). The quantitative estimate of drug-likeness (QED) is 0.675. The highest BCUT2D eigenvalue weighted by Gasteiger charge is 2.28. The van der Waals surface area contributed by atoms with E-state index in [1.807, 2.05) is 25.1 Å². The van der Waals surface area contributed by atoms with Crippen LogP contribution in [0.2, 0.25) is 0 Å². The molecule has 0 amide bonds. The minimum Gasteiger partial charge on any atom is -0.481 e. The van der Waals surface area contributed by atoms with Crippen molar-refractivity contribution in [1.82, 2.24) is 19.9 Å². The van der Waals surface area contributed by atoms with Crippen LogP contribution in [0.3, 0.4) is 0 Å². The van der Waals surface area contributed by atoms with E-state index in [-0.39, 0.29) is 6.61 Å². The minimum atomic E-state index is -0.995. The molecule has 0 saturated heterocycles. The molecule has 0 unspecified atom stereocenters. The second-order valence-electron chi connectivity index (χ2n) is 6.99. The molecule has 142 valence electrons. The van der Waals surface area contributed by atoms with Gasteiger partial charge in [0.15, 0.2) is 11.5 Å². The fourth-order valence-corrected chi connectivity index (χ4v) is 2.43. The van der Waals surface area contributed by atoms with E-state index >= 15 is 0 Å². The van der Waals surface area contributed by atoms with Crippen molar-refractivity contribution >= 4 is 5.97 Å². The molecule has 3 aromatic heterocycles. The molecule has 0 aromatic carbocycles. The maximum absolute atomic E-state index is 11.2. The van der Waals surface area contributed by atoms with E-state index < -0.39 is 11.4 Å². The number of aromatic nitrogens is 4. The van der Waals surface area contributed by atoms with Gasteiger partial charge in [-0.25, -0.2) is 9.97 Å². The van der Waals surface area contributed by atoms with Crippen LogP contribution in [0.5, 0.6) is 5.88 Å². The van der Waals surface area contributed by atoms with Crippen molar-refractivity contribution in [3.8, 4) is 34.6 Å². The molecule has 8 nitrogen and oxygen atoms in total. The van der Waals surface area contributed by atoms with Gasteiger partial charge in [-0.2, -0.15) is 5.26 Å². The third kappa shape index (κ3) is 3.99. The number of imidazole rings is 1. The van der Waals surface area contributed by atoms with Gasteiger partial charge in [0.05, 0.1) is 5.41 Å². The van der Waals surface area contributed by atoms with Crippen LogP contribution in [-0.2, 0) is 4.79 Å². The summed E-state index contributed by atoms with van der Waals surface area (Å²) in [5.41, 5.74) is 2.64. The summed E-state index contributed by atoms with van der Waals surface area (Å²) < 4.78 is 5.55. The second-order valence-corrected chi connectivity index (χ2v) is 6.99. The topological polar surface area (TPSA) is 125 Å². The molecular formula is C20H19N5O3. The lowest BCUT2D eigenvalue weighted by molar-refractivity contribution is -0.148. The van der Waals surface area contributed by atoms with Crippen LogP contribution in [0.15, 0.2) is 36.8 Å². The maximum atomic E-state index is 11.2. The highest BCUT2D eigenvalue weighted by Crippen LogP contribution is 2.26. The Bertz CT molecular complexity index is 1050. The molecule has 3 heterocycles. The molecule has 3 aromatic rings. The smallest absolute Gasteiger partial charge is 0.312 e. The number of aryl methyl sites for hydroxylation is 1. The van der Waals surface area contributed by atoms with Gasteiger partial charge in [-0.3, -0.25) is 9.78 Å². The molecule has 0 aliphatic heterocycles. The number of ether oxygens (including phenoxy) is 1. The van der Waals surface area contributed by atoms with Gasteiger partial charge in [0.25, 0.3) is 0 Å². The fourth-order valence-electron chi connectivity index (χ4n) is 2.43. The van der Waals surface area contributed by atoms with Crippen molar-refractivity contribution in [3.63, 3.8) is 0 Å². The van der Waals surface area contributed by atoms with Crippen LogP contribution in [0, 0.1) is 23.7 Å². The molecule has 0 aliphatic rings. The molecule has 2 N–H and O–H groups in total. The number of hydrogen-bond acceptors (Lipinski definition) is 6. The number of nitriles is 1. The van der Waals surface area contributed by atoms with E-state index in [2.05, 4.69) is 19.9 Å². The van der Waals surface area contributed by atoms with Crippen molar-refractivity contribution in [1.29, 1.82) is 5.26 Å². The van der Waals surface area contributed by atoms with Crippen LogP contribution >= 0.6 is 0 Å². The van der Waals surface area contributed by atoms with Crippen LogP contribution < -0.4 is 4.74 Å². The number of carbonyl (C=O) groups is 1. The lowest BCUT2D eigenvalue weighted by atomic mass is 9.95. The molecule has 0 bridgehead atoms. The SMILES string of the molecule is Cc1cc(OCC(C)(C)C(=O)O)ncc1-c1ccc(-c2nc(C#N)c[nH]2)nc1. The summed E-state index contributed by atoms with van der Waals surface area (Å²) in [6.07, 6.45) is 4.92. The van der Waals surface area contributed by atoms with E-state index in [4.69, 9.17) is 15.1 Å². The fraction of sp³-hybridized carbons (Fsp3) is 0.250. The number of carboxylic acid groups (broad SMARTS) is 1. The predicted molar refractivity (Wildman–Crippen MR) is 101 cm³/mol. The third-order valence-corrected chi connectivity index (χ3v) is 4.26. The van der Waals surface area contributed by atoms with Gasteiger partial charge in [0.2, 0.25) is 5.88 Å². The van der Waals surface area contributed by atoms with E-state index in [1.54, 1.807) is 32.3 Å². The molecule has 0 spiro atoms.